The Labute approximate surface area is 95.6 Å². The van der Waals surface area contributed by atoms with Gasteiger partial charge in [-0.25, -0.2) is 4.79 Å². The van der Waals surface area contributed by atoms with Crippen molar-refractivity contribution >= 4 is 5.97 Å². The van der Waals surface area contributed by atoms with Crippen molar-refractivity contribution in [1.29, 1.82) is 0 Å². The highest BCUT2D eigenvalue weighted by molar-refractivity contribution is 5.81. The maximum atomic E-state index is 11.3. The van der Waals surface area contributed by atoms with Crippen LogP contribution in [0.1, 0.15) is 32.1 Å². The first-order valence-electron chi connectivity index (χ1n) is 5.88. The van der Waals surface area contributed by atoms with Crippen LogP contribution in [-0.2, 0) is 19.0 Å². The zero-order chi connectivity index (χ0) is 11.4. The van der Waals surface area contributed by atoms with E-state index in [4.69, 9.17) is 14.2 Å². The van der Waals surface area contributed by atoms with Crippen molar-refractivity contribution in [2.45, 2.75) is 44.0 Å². The first-order valence-corrected chi connectivity index (χ1v) is 5.88. The number of rotatable bonds is 2. The molecule has 1 aliphatic heterocycles. The van der Waals surface area contributed by atoms with Crippen LogP contribution < -0.4 is 0 Å². The van der Waals surface area contributed by atoms with Crippen LogP contribution in [0.5, 0.6) is 0 Å². The molecule has 4 nitrogen and oxygen atoms in total. The Bertz CT molecular complexity index is 260. The van der Waals surface area contributed by atoms with Crippen LogP contribution in [0, 0.1) is 0 Å². The molecule has 2 aliphatic rings. The first kappa shape index (κ1) is 11.6. The van der Waals surface area contributed by atoms with Crippen molar-refractivity contribution in [2.75, 3.05) is 13.2 Å². The van der Waals surface area contributed by atoms with Crippen LogP contribution in [0.2, 0.25) is 0 Å². The van der Waals surface area contributed by atoms with Crippen LogP contribution in [0.3, 0.4) is 0 Å². The fourth-order valence-electron chi connectivity index (χ4n) is 2.34. The summed E-state index contributed by atoms with van der Waals surface area (Å²) in [6.45, 7) is 4.77. The van der Waals surface area contributed by atoms with Crippen molar-refractivity contribution in [3.05, 3.63) is 12.7 Å². The highest BCUT2D eigenvalue weighted by Gasteiger charge is 2.46. The first-order chi connectivity index (χ1) is 7.77. The van der Waals surface area contributed by atoms with Crippen LogP contribution in [0.15, 0.2) is 12.7 Å². The molecule has 0 N–H and O–H groups in total. The monoisotopic (exact) mass is 226 g/mol. The zero-order valence-corrected chi connectivity index (χ0v) is 9.44. The minimum absolute atomic E-state index is 0.285. The summed E-state index contributed by atoms with van der Waals surface area (Å²) in [4.78, 5) is 11.3. The van der Waals surface area contributed by atoms with E-state index >= 15 is 0 Å². The molecule has 1 spiro atoms. The number of carbonyl (C=O) groups excluding carboxylic acids is 1. The smallest absolute Gasteiger partial charge is 0.330 e. The van der Waals surface area contributed by atoms with Crippen LogP contribution in [0.4, 0.5) is 0 Å². The average molecular weight is 226 g/mol. The van der Waals surface area contributed by atoms with Gasteiger partial charge in [0.15, 0.2) is 6.10 Å². The molecule has 1 saturated heterocycles. The van der Waals surface area contributed by atoms with Gasteiger partial charge in [0.2, 0.25) is 5.79 Å². The second-order valence-electron chi connectivity index (χ2n) is 4.24. The maximum absolute atomic E-state index is 11.3. The summed E-state index contributed by atoms with van der Waals surface area (Å²) in [7, 11) is 0. The van der Waals surface area contributed by atoms with E-state index in [0.717, 1.165) is 32.1 Å². The van der Waals surface area contributed by atoms with E-state index in [9.17, 15) is 4.79 Å². The summed E-state index contributed by atoms with van der Waals surface area (Å²) >= 11 is 0. The van der Waals surface area contributed by atoms with Gasteiger partial charge in [-0.3, -0.25) is 0 Å². The fourth-order valence-corrected chi connectivity index (χ4v) is 2.34. The number of hydrogen-bond acceptors (Lipinski definition) is 4. The predicted molar refractivity (Wildman–Crippen MR) is 57.8 cm³/mol. The Morgan fingerprint density at radius 2 is 2.06 bits per heavy atom. The van der Waals surface area contributed by atoms with E-state index in [0.29, 0.717) is 13.2 Å². The summed E-state index contributed by atoms with van der Waals surface area (Å²) < 4.78 is 16.8. The Kier molecular flexibility index (Phi) is 3.61. The van der Waals surface area contributed by atoms with Gasteiger partial charge in [0, 0.05) is 12.5 Å². The van der Waals surface area contributed by atoms with Gasteiger partial charge in [-0.05, 0) is 25.7 Å². The minimum atomic E-state index is -0.685. The molecule has 4 heteroatoms. The van der Waals surface area contributed by atoms with Crippen molar-refractivity contribution in [3.8, 4) is 0 Å². The van der Waals surface area contributed by atoms with Gasteiger partial charge in [-0.15, -0.1) is 0 Å². The molecule has 90 valence electrons. The molecule has 1 saturated carbocycles. The number of esters is 1. The molecule has 2 rings (SSSR count). The van der Waals surface area contributed by atoms with E-state index in [1.54, 1.807) is 0 Å². The Hall–Kier alpha value is -0.870. The highest BCUT2D eigenvalue weighted by Crippen LogP contribution is 2.37. The largest absolute Gasteiger partial charge is 0.453 e. The third-order valence-corrected chi connectivity index (χ3v) is 3.14. The van der Waals surface area contributed by atoms with Crippen molar-refractivity contribution in [3.63, 3.8) is 0 Å². The zero-order valence-electron chi connectivity index (χ0n) is 9.44. The summed E-state index contributed by atoms with van der Waals surface area (Å²) in [6, 6.07) is 0. The molecule has 0 aromatic heterocycles. The molecule has 0 radical (unpaired) electrons. The van der Waals surface area contributed by atoms with Gasteiger partial charge in [0.05, 0.1) is 13.2 Å². The molecule has 0 amide bonds. The van der Waals surface area contributed by atoms with E-state index < -0.39 is 11.8 Å². The van der Waals surface area contributed by atoms with E-state index in [1.807, 2.05) is 0 Å². The topological polar surface area (TPSA) is 44.8 Å². The Morgan fingerprint density at radius 3 is 2.75 bits per heavy atom. The van der Waals surface area contributed by atoms with Gasteiger partial charge in [0.25, 0.3) is 0 Å². The summed E-state index contributed by atoms with van der Waals surface area (Å²) in [5.74, 6) is -1.08. The molecule has 1 aliphatic carbocycles. The third kappa shape index (κ3) is 2.28. The minimum Gasteiger partial charge on any atom is -0.453 e. The SMILES string of the molecule is C=CC(=O)OC1CCCCC12OCCCO2. The second-order valence-corrected chi connectivity index (χ2v) is 4.24. The number of ether oxygens (including phenoxy) is 3. The van der Waals surface area contributed by atoms with Gasteiger partial charge in [0.1, 0.15) is 0 Å². The Balaban J connectivity index is 2.06. The van der Waals surface area contributed by atoms with E-state index in [1.165, 1.54) is 6.08 Å². The quantitative estimate of drug-likeness (QED) is 0.532. The summed E-state index contributed by atoms with van der Waals surface area (Å²) in [5.41, 5.74) is 0. The van der Waals surface area contributed by atoms with Crippen molar-refractivity contribution in [2.24, 2.45) is 0 Å². The molecule has 0 aromatic rings. The predicted octanol–water partition coefficient (Wildman–Crippen LogP) is 1.79. The summed E-state index contributed by atoms with van der Waals surface area (Å²) in [5, 5.41) is 0. The van der Waals surface area contributed by atoms with Gasteiger partial charge in [-0.2, -0.15) is 0 Å². The van der Waals surface area contributed by atoms with Crippen LogP contribution >= 0.6 is 0 Å². The lowest BCUT2D eigenvalue weighted by Crippen LogP contribution is -2.53. The van der Waals surface area contributed by atoms with Crippen molar-refractivity contribution < 1.29 is 19.0 Å². The average Bonchev–Trinajstić information content (AvgIpc) is 2.33. The molecule has 0 bridgehead atoms. The van der Waals surface area contributed by atoms with E-state index in [2.05, 4.69) is 6.58 Å². The maximum Gasteiger partial charge on any atom is 0.330 e. The van der Waals surface area contributed by atoms with Gasteiger partial charge >= 0.3 is 5.97 Å². The highest BCUT2D eigenvalue weighted by atomic mass is 16.7. The van der Waals surface area contributed by atoms with E-state index in [-0.39, 0.29) is 6.10 Å². The standard InChI is InChI=1S/C12H18O4/c1-2-11(13)16-10-6-3-4-7-12(10)14-8-5-9-15-12/h2,10H,1,3-9H2. The third-order valence-electron chi connectivity index (χ3n) is 3.14. The lowest BCUT2D eigenvalue weighted by molar-refractivity contribution is -0.319. The molecule has 1 atom stereocenters. The number of carbonyl (C=O) groups is 1. The van der Waals surface area contributed by atoms with Crippen LogP contribution in [-0.4, -0.2) is 31.1 Å². The normalized spacial score (nSPS) is 28.6. The van der Waals surface area contributed by atoms with Crippen molar-refractivity contribution in [1.82, 2.24) is 0 Å². The molecule has 16 heavy (non-hydrogen) atoms. The Morgan fingerprint density at radius 1 is 1.31 bits per heavy atom. The fraction of sp³-hybridized carbons (Fsp3) is 0.750. The molecule has 1 unspecified atom stereocenters. The molecule has 1 heterocycles. The number of hydrogen-bond donors (Lipinski definition) is 0. The molecule has 2 fully saturated rings. The lowest BCUT2D eigenvalue weighted by Gasteiger charge is -2.44. The van der Waals surface area contributed by atoms with Gasteiger partial charge < -0.3 is 14.2 Å². The molecular weight excluding hydrogens is 208 g/mol. The molecule has 0 aromatic carbocycles. The second kappa shape index (κ2) is 4.97. The van der Waals surface area contributed by atoms with Gasteiger partial charge in [-0.1, -0.05) is 6.58 Å². The summed E-state index contributed by atoms with van der Waals surface area (Å²) in [6.07, 6.45) is 5.52. The molecular formula is C12H18O4. The lowest BCUT2D eigenvalue weighted by atomic mass is 9.90. The van der Waals surface area contributed by atoms with Crippen LogP contribution in [0.25, 0.3) is 0 Å².